The molecule has 2 atom stereocenters. The van der Waals surface area contributed by atoms with Gasteiger partial charge in [0.15, 0.2) is 0 Å². The first kappa shape index (κ1) is 18.0. The maximum absolute atomic E-state index is 12.4. The quantitative estimate of drug-likeness (QED) is 0.635. The molecule has 1 aliphatic rings. The fourth-order valence-electron chi connectivity index (χ4n) is 3.38. The zero-order valence-corrected chi connectivity index (χ0v) is 15.1. The molecular weight excluding hydrogens is 332 g/mol. The second-order valence-corrected chi connectivity index (χ2v) is 6.47. The summed E-state index contributed by atoms with van der Waals surface area (Å²) in [6.07, 6.45) is 6.44. The minimum atomic E-state index is -0.409. The van der Waals surface area contributed by atoms with Crippen molar-refractivity contribution in [2.45, 2.75) is 38.8 Å². The van der Waals surface area contributed by atoms with Crippen LogP contribution in [0.15, 0.2) is 31.1 Å². The minimum Gasteiger partial charge on any atom is -0.462 e. The normalized spacial score (nSPS) is 20.0. The first-order valence-corrected chi connectivity index (χ1v) is 8.88. The summed E-state index contributed by atoms with van der Waals surface area (Å²) >= 11 is 0. The van der Waals surface area contributed by atoms with Crippen LogP contribution in [0.4, 0.5) is 5.69 Å². The summed E-state index contributed by atoms with van der Waals surface area (Å²) < 4.78 is 5.17. The Kier molecular flexibility index (Phi) is 5.25. The first-order chi connectivity index (χ1) is 12.5. The highest BCUT2D eigenvalue weighted by atomic mass is 16.5. The van der Waals surface area contributed by atoms with Gasteiger partial charge in [0.25, 0.3) is 0 Å². The number of aromatic nitrogens is 2. The van der Waals surface area contributed by atoms with Crippen LogP contribution in [-0.2, 0) is 9.53 Å². The number of hydrogen-bond acceptors (Lipinski definition) is 5. The van der Waals surface area contributed by atoms with E-state index >= 15 is 0 Å². The molecule has 0 bridgehead atoms. The monoisotopic (exact) mass is 356 g/mol. The highest BCUT2D eigenvalue weighted by Crippen LogP contribution is 2.29. The lowest BCUT2D eigenvalue weighted by Gasteiger charge is -2.38. The van der Waals surface area contributed by atoms with Crippen molar-refractivity contribution in [1.82, 2.24) is 14.9 Å². The Hall–Kier alpha value is -2.83. The Morgan fingerprint density at radius 2 is 2.31 bits per heavy atom. The van der Waals surface area contributed by atoms with Crippen LogP contribution in [0.2, 0.25) is 0 Å². The molecule has 1 fully saturated rings. The molecule has 0 radical (unpaired) electrons. The maximum Gasteiger partial charge on any atom is 0.341 e. The number of carbonyl (C=O) groups is 2. The number of fused-ring (bicyclic) bond motifs is 1. The summed E-state index contributed by atoms with van der Waals surface area (Å²) in [5.41, 5.74) is 1.79. The lowest BCUT2D eigenvalue weighted by molar-refractivity contribution is -0.129. The van der Waals surface area contributed by atoms with E-state index in [9.17, 15) is 9.59 Å². The van der Waals surface area contributed by atoms with Crippen molar-refractivity contribution in [2.75, 3.05) is 18.5 Å². The number of piperidine rings is 1. The van der Waals surface area contributed by atoms with Crippen molar-refractivity contribution in [2.24, 2.45) is 0 Å². The second-order valence-electron chi connectivity index (χ2n) is 6.47. The van der Waals surface area contributed by atoms with Crippen LogP contribution >= 0.6 is 0 Å². The van der Waals surface area contributed by atoms with E-state index in [0.717, 1.165) is 18.2 Å². The van der Waals surface area contributed by atoms with Gasteiger partial charge in [-0.3, -0.25) is 4.79 Å². The van der Waals surface area contributed by atoms with Gasteiger partial charge in [-0.2, -0.15) is 0 Å². The number of pyridine rings is 1. The third kappa shape index (κ3) is 3.42. The topological polar surface area (TPSA) is 87.3 Å². The average molecular weight is 356 g/mol. The van der Waals surface area contributed by atoms with Gasteiger partial charge in [-0.1, -0.05) is 6.58 Å². The first-order valence-electron chi connectivity index (χ1n) is 8.88. The Labute approximate surface area is 152 Å². The van der Waals surface area contributed by atoms with Gasteiger partial charge in [-0.05, 0) is 38.8 Å². The predicted octanol–water partition coefficient (Wildman–Crippen LogP) is 2.72. The van der Waals surface area contributed by atoms with E-state index in [-0.39, 0.29) is 18.0 Å². The van der Waals surface area contributed by atoms with Crippen LogP contribution in [0, 0.1) is 0 Å². The number of anilines is 1. The molecule has 0 aliphatic carbocycles. The number of esters is 1. The van der Waals surface area contributed by atoms with Crippen molar-refractivity contribution in [3.63, 3.8) is 0 Å². The molecule has 2 aromatic rings. The van der Waals surface area contributed by atoms with Crippen LogP contribution in [0.5, 0.6) is 0 Å². The third-order valence-corrected chi connectivity index (χ3v) is 4.77. The number of nitrogens with zero attached hydrogens (tertiary/aromatic N) is 2. The molecule has 0 unspecified atom stereocenters. The minimum absolute atomic E-state index is 0.0313. The van der Waals surface area contributed by atoms with E-state index in [4.69, 9.17) is 4.74 Å². The number of carbonyl (C=O) groups excluding carboxylic acids is 2. The molecule has 7 heteroatoms. The fourth-order valence-corrected chi connectivity index (χ4v) is 3.38. The number of aromatic amines is 1. The van der Waals surface area contributed by atoms with Crippen LogP contribution < -0.4 is 5.32 Å². The smallest absolute Gasteiger partial charge is 0.341 e. The Bertz CT molecular complexity index is 829. The molecule has 1 amide bonds. The van der Waals surface area contributed by atoms with Gasteiger partial charge in [0.1, 0.15) is 11.2 Å². The van der Waals surface area contributed by atoms with Gasteiger partial charge in [0.05, 0.1) is 12.3 Å². The number of ether oxygens (including phenoxy) is 1. The standard InChI is InChI=1S/C19H24N4O3/c1-4-16(24)23-11-13(7-6-12(23)3)22-17-14-8-9-20-18(14)21-10-15(17)19(25)26-5-2/h4,8-10,12-13H,1,5-7,11H2,2-3H3,(H2,20,21,22)/t12-,13+/m0/s1. The van der Waals surface area contributed by atoms with E-state index in [0.29, 0.717) is 30.0 Å². The molecule has 2 aromatic heterocycles. The molecular formula is C19H24N4O3. The highest BCUT2D eigenvalue weighted by Gasteiger charge is 2.29. The van der Waals surface area contributed by atoms with Crippen LogP contribution in [-0.4, -0.2) is 52.0 Å². The molecule has 1 aliphatic heterocycles. The Balaban J connectivity index is 1.91. The van der Waals surface area contributed by atoms with Crippen LogP contribution in [0.3, 0.4) is 0 Å². The SMILES string of the molecule is C=CC(=O)N1C[C@H](Nc2c(C(=O)OCC)cnc3[nH]ccc23)CC[C@@H]1C. The van der Waals surface area contributed by atoms with E-state index in [1.807, 2.05) is 17.9 Å². The molecule has 26 heavy (non-hydrogen) atoms. The zero-order valence-electron chi connectivity index (χ0n) is 15.1. The highest BCUT2D eigenvalue weighted by molar-refractivity contribution is 6.04. The molecule has 0 aromatic carbocycles. The average Bonchev–Trinajstić information content (AvgIpc) is 3.12. The molecule has 3 heterocycles. The van der Waals surface area contributed by atoms with E-state index in [1.54, 1.807) is 13.1 Å². The molecule has 1 saturated heterocycles. The molecule has 0 spiro atoms. The maximum atomic E-state index is 12.4. The van der Waals surface area contributed by atoms with Crippen LogP contribution in [0.1, 0.15) is 37.0 Å². The second kappa shape index (κ2) is 7.59. The Morgan fingerprint density at radius 1 is 1.50 bits per heavy atom. The number of rotatable bonds is 5. The zero-order chi connectivity index (χ0) is 18.7. The van der Waals surface area contributed by atoms with Crippen LogP contribution in [0.25, 0.3) is 11.0 Å². The van der Waals surface area contributed by atoms with Crippen molar-refractivity contribution in [1.29, 1.82) is 0 Å². The lowest BCUT2D eigenvalue weighted by atomic mass is 9.98. The number of amides is 1. The predicted molar refractivity (Wildman–Crippen MR) is 100 cm³/mol. The molecule has 0 saturated carbocycles. The van der Waals surface area contributed by atoms with Gasteiger partial charge >= 0.3 is 5.97 Å². The van der Waals surface area contributed by atoms with Crippen molar-refractivity contribution < 1.29 is 14.3 Å². The van der Waals surface area contributed by atoms with Gasteiger partial charge in [0, 0.05) is 36.4 Å². The molecule has 138 valence electrons. The summed E-state index contributed by atoms with van der Waals surface area (Å²) in [6, 6.07) is 2.09. The number of likely N-dealkylation sites (tertiary alicyclic amines) is 1. The van der Waals surface area contributed by atoms with E-state index in [2.05, 4.69) is 21.9 Å². The molecule has 7 nitrogen and oxygen atoms in total. The number of H-pyrrole nitrogens is 1. The van der Waals surface area contributed by atoms with Crippen molar-refractivity contribution in [3.05, 3.63) is 36.7 Å². The number of hydrogen-bond donors (Lipinski definition) is 2. The van der Waals surface area contributed by atoms with Gasteiger partial charge in [0.2, 0.25) is 5.91 Å². The van der Waals surface area contributed by atoms with E-state index in [1.165, 1.54) is 12.3 Å². The summed E-state index contributed by atoms with van der Waals surface area (Å²) in [5.74, 6) is -0.482. The van der Waals surface area contributed by atoms with Gasteiger partial charge in [-0.25, -0.2) is 9.78 Å². The summed E-state index contributed by atoms with van der Waals surface area (Å²) in [6.45, 7) is 8.25. The van der Waals surface area contributed by atoms with Crippen molar-refractivity contribution >= 4 is 28.6 Å². The Morgan fingerprint density at radius 3 is 3.04 bits per heavy atom. The summed E-state index contributed by atoms with van der Waals surface area (Å²) in [7, 11) is 0. The molecule has 3 rings (SSSR count). The third-order valence-electron chi connectivity index (χ3n) is 4.77. The van der Waals surface area contributed by atoms with Crippen molar-refractivity contribution in [3.8, 4) is 0 Å². The van der Waals surface area contributed by atoms with Gasteiger partial charge in [-0.15, -0.1) is 0 Å². The summed E-state index contributed by atoms with van der Waals surface area (Å²) in [4.78, 5) is 33.6. The fraction of sp³-hybridized carbons (Fsp3) is 0.421. The van der Waals surface area contributed by atoms with Gasteiger partial charge < -0.3 is 19.9 Å². The number of nitrogens with one attached hydrogen (secondary N) is 2. The lowest BCUT2D eigenvalue weighted by Crippen LogP contribution is -2.49. The largest absolute Gasteiger partial charge is 0.462 e. The summed E-state index contributed by atoms with van der Waals surface area (Å²) in [5, 5.41) is 4.29. The molecule has 2 N–H and O–H groups in total. The van der Waals surface area contributed by atoms with E-state index < -0.39 is 5.97 Å².